The molecule has 0 radical (unpaired) electrons. The standard InChI is InChI=1S/C30H42N8O2/c1-6-37(14-23-17(2)26(39)29(40-23)38-16-34-25-27(31)32-15-33-28(25)38)20-11-18(12-20)7-10-24-35-21-9-8-19(30(3,4)5)13-22(21)36-24/h8-9,13,15-18,20,23,26,29,39H,6-7,10-12,14H2,1-5H3,(H,35,36)(H2,31,32,33). The Balaban J connectivity index is 1.03. The molecule has 214 valence electrons. The van der Waals surface area contributed by atoms with Gasteiger partial charge in [-0.25, -0.2) is 19.9 Å². The van der Waals surface area contributed by atoms with Crippen molar-refractivity contribution in [2.24, 2.45) is 11.8 Å². The van der Waals surface area contributed by atoms with E-state index in [4.69, 9.17) is 15.5 Å². The molecule has 1 saturated heterocycles. The predicted octanol–water partition coefficient (Wildman–Crippen LogP) is 4.21. The molecular weight excluding hydrogens is 504 g/mol. The van der Waals surface area contributed by atoms with Crippen molar-refractivity contribution in [1.29, 1.82) is 0 Å². The maximum Gasteiger partial charge on any atom is 0.167 e. The minimum absolute atomic E-state index is 0.0153. The number of H-pyrrole nitrogens is 1. The van der Waals surface area contributed by atoms with Gasteiger partial charge in [0.2, 0.25) is 0 Å². The predicted molar refractivity (Wildman–Crippen MR) is 156 cm³/mol. The molecule has 0 spiro atoms. The molecular formula is C30H42N8O2. The molecule has 10 heteroatoms. The highest BCUT2D eigenvalue weighted by Crippen LogP contribution is 2.39. The lowest BCUT2D eigenvalue weighted by Gasteiger charge is -2.44. The van der Waals surface area contributed by atoms with Gasteiger partial charge in [-0.3, -0.25) is 9.47 Å². The molecule has 40 heavy (non-hydrogen) atoms. The summed E-state index contributed by atoms with van der Waals surface area (Å²) >= 11 is 0. The Morgan fingerprint density at radius 2 is 2.00 bits per heavy atom. The number of nitrogen functional groups attached to an aromatic ring is 1. The summed E-state index contributed by atoms with van der Waals surface area (Å²) in [4.78, 5) is 23.6. The number of anilines is 1. The van der Waals surface area contributed by atoms with Crippen LogP contribution in [0.4, 0.5) is 5.82 Å². The molecule has 1 aromatic carbocycles. The third kappa shape index (κ3) is 4.97. The second-order valence-electron chi connectivity index (χ2n) is 12.8. The van der Waals surface area contributed by atoms with Gasteiger partial charge in [-0.05, 0) is 54.8 Å². The summed E-state index contributed by atoms with van der Waals surface area (Å²) in [6, 6.07) is 7.13. The van der Waals surface area contributed by atoms with E-state index < -0.39 is 12.3 Å². The number of fused-ring (bicyclic) bond motifs is 2. The molecule has 4 unspecified atom stereocenters. The molecule has 1 aliphatic carbocycles. The second kappa shape index (κ2) is 10.4. The number of aryl methyl sites for hydroxylation is 1. The highest BCUT2D eigenvalue weighted by atomic mass is 16.5. The quantitative estimate of drug-likeness (QED) is 0.300. The third-order valence-electron chi connectivity index (χ3n) is 9.13. The number of nitrogens with zero attached hydrogens (tertiary/aromatic N) is 6. The van der Waals surface area contributed by atoms with Crippen molar-refractivity contribution in [2.45, 2.75) is 90.2 Å². The number of rotatable bonds is 8. The number of aromatic amines is 1. The summed E-state index contributed by atoms with van der Waals surface area (Å²) in [5.41, 5.74) is 10.7. The Morgan fingerprint density at radius 3 is 2.75 bits per heavy atom. The van der Waals surface area contributed by atoms with Crippen LogP contribution < -0.4 is 5.73 Å². The lowest BCUT2D eigenvalue weighted by molar-refractivity contribution is -0.0526. The first kappa shape index (κ1) is 27.1. The van der Waals surface area contributed by atoms with Gasteiger partial charge in [0.25, 0.3) is 0 Å². The summed E-state index contributed by atoms with van der Waals surface area (Å²) in [7, 11) is 0. The van der Waals surface area contributed by atoms with Crippen molar-refractivity contribution in [3.05, 3.63) is 42.2 Å². The van der Waals surface area contributed by atoms with Crippen LogP contribution in [-0.4, -0.2) is 70.8 Å². The monoisotopic (exact) mass is 546 g/mol. The van der Waals surface area contributed by atoms with Crippen LogP contribution in [0.25, 0.3) is 22.2 Å². The van der Waals surface area contributed by atoms with Gasteiger partial charge >= 0.3 is 0 Å². The van der Waals surface area contributed by atoms with Crippen LogP contribution in [0.2, 0.25) is 0 Å². The number of ether oxygens (including phenoxy) is 1. The van der Waals surface area contributed by atoms with E-state index in [0.717, 1.165) is 42.8 Å². The number of hydrogen-bond acceptors (Lipinski definition) is 8. The fourth-order valence-electron chi connectivity index (χ4n) is 6.35. The number of aromatic nitrogens is 6. The highest BCUT2D eigenvalue weighted by molar-refractivity contribution is 5.81. The van der Waals surface area contributed by atoms with E-state index in [1.54, 1.807) is 10.9 Å². The lowest BCUT2D eigenvalue weighted by atomic mass is 9.76. The Hall–Kier alpha value is -3.08. The van der Waals surface area contributed by atoms with E-state index in [9.17, 15) is 5.11 Å². The summed E-state index contributed by atoms with van der Waals surface area (Å²) in [6.45, 7) is 12.8. The van der Waals surface area contributed by atoms with Crippen LogP contribution in [0.5, 0.6) is 0 Å². The summed E-state index contributed by atoms with van der Waals surface area (Å²) in [5, 5.41) is 11.1. The van der Waals surface area contributed by atoms with Crippen LogP contribution >= 0.6 is 0 Å². The zero-order chi connectivity index (χ0) is 28.2. The van der Waals surface area contributed by atoms with Crippen LogP contribution in [0.1, 0.15) is 71.5 Å². The second-order valence-corrected chi connectivity index (χ2v) is 12.8. The topological polar surface area (TPSA) is 131 Å². The number of nitrogens with one attached hydrogen (secondary N) is 1. The van der Waals surface area contributed by atoms with Crippen molar-refractivity contribution in [3.63, 3.8) is 0 Å². The molecule has 1 aliphatic heterocycles. The minimum atomic E-state index is -0.658. The smallest absolute Gasteiger partial charge is 0.167 e. The number of nitrogens with two attached hydrogens (primary N) is 1. The zero-order valence-electron chi connectivity index (χ0n) is 24.2. The molecule has 4 aromatic rings. The number of likely N-dealkylation sites (N-methyl/N-ethyl adjacent to an activating group) is 1. The zero-order valence-corrected chi connectivity index (χ0v) is 24.2. The van der Waals surface area contributed by atoms with Gasteiger partial charge in [-0.1, -0.05) is 40.7 Å². The molecule has 4 heterocycles. The SMILES string of the molecule is CCN(CC1OC(n2cnc3c(N)ncnc32)C(O)C1C)C1CC(CCc2nc3ccc(C(C)(C)C)cc3[nH]2)C1. The normalized spacial score (nSPS) is 27.2. The summed E-state index contributed by atoms with van der Waals surface area (Å²) in [6.07, 6.45) is 6.28. The molecule has 0 amide bonds. The van der Waals surface area contributed by atoms with Crippen LogP contribution in [0.15, 0.2) is 30.9 Å². The first-order valence-corrected chi connectivity index (χ1v) is 14.6. The number of imidazole rings is 2. The van der Waals surface area contributed by atoms with E-state index in [2.05, 4.69) is 77.7 Å². The van der Waals surface area contributed by atoms with E-state index in [1.165, 1.54) is 24.7 Å². The maximum atomic E-state index is 11.1. The molecule has 10 nitrogen and oxygen atoms in total. The molecule has 3 aromatic heterocycles. The molecule has 2 fully saturated rings. The molecule has 4 N–H and O–H groups in total. The Labute approximate surface area is 235 Å². The Bertz CT molecular complexity index is 1480. The van der Waals surface area contributed by atoms with Gasteiger partial charge in [0.1, 0.15) is 23.8 Å². The van der Waals surface area contributed by atoms with Gasteiger partial charge < -0.3 is 20.6 Å². The number of hydrogen-bond donors (Lipinski definition) is 3. The van der Waals surface area contributed by atoms with E-state index in [1.807, 2.05) is 0 Å². The number of aliphatic hydroxyl groups is 1. The van der Waals surface area contributed by atoms with Gasteiger partial charge in [-0.2, -0.15) is 0 Å². The van der Waals surface area contributed by atoms with Crippen LogP contribution in [-0.2, 0) is 16.6 Å². The van der Waals surface area contributed by atoms with Crippen molar-refractivity contribution in [3.8, 4) is 0 Å². The average molecular weight is 547 g/mol. The molecule has 2 aliphatic rings. The Kier molecular flexibility index (Phi) is 7.04. The number of benzene rings is 1. The average Bonchev–Trinajstić information content (AvgIpc) is 3.58. The van der Waals surface area contributed by atoms with Crippen molar-refractivity contribution < 1.29 is 9.84 Å². The minimum Gasteiger partial charge on any atom is -0.388 e. The first-order valence-electron chi connectivity index (χ1n) is 14.6. The van der Waals surface area contributed by atoms with E-state index >= 15 is 0 Å². The highest BCUT2D eigenvalue weighted by Gasteiger charge is 2.44. The third-order valence-corrected chi connectivity index (χ3v) is 9.13. The molecule has 6 rings (SSSR count). The molecule has 1 saturated carbocycles. The molecule has 0 bridgehead atoms. The summed E-state index contributed by atoms with van der Waals surface area (Å²) < 4.78 is 8.22. The fraction of sp³-hybridized carbons (Fsp3) is 0.600. The van der Waals surface area contributed by atoms with Crippen LogP contribution in [0.3, 0.4) is 0 Å². The maximum absolute atomic E-state index is 11.1. The largest absolute Gasteiger partial charge is 0.388 e. The van der Waals surface area contributed by atoms with E-state index in [-0.39, 0.29) is 17.4 Å². The van der Waals surface area contributed by atoms with Gasteiger partial charge in [-0.15, -0.1) is 0 Å². The lowest BCUT2D eigenvalue weighted by Crippen LogP contribution is -2.48. The molecule has 4 atom stereocenters. The summed E-state index contributed by atoms with van der Waals surface area (Å²) in [5.74, 6) is 2.11. The van der Waals surface area contributed by atoms with Gasteiger partial charge in [0.05, 0.1) is 23.5 Å². The van der Waals surface area contributed by atoms with Crippen LogP contribution in [0, 0.1) is 11.8 Å². The Morgan fingerprint density at radius 1 is 1.20 bits per heavy atom. The van der Waals surface area contributed by atoms with E-state index in [0.29, 0.717) is 28.9 Å². The van der Waals surface area contributed by atoms with Gasteiger partial charge in [0.15, 0.2) is 17.7 Å². The van der Waals surface area contributed by atoms with Crippen molar-refractivity contribution in [2.75, 3.05) is 18.8 Å². The number of aliphatic hydroxyl groups excluding tert-OH is 1. The van der Waals surface area contributed by atoms with Gasteiger partial charge in [0, 0.05) is 24.9 Å². The van der Waals surface area contributed by atoms with Crippen molar-refractivity contribution >= 4 is 28.0 Å². The fourth-order valence-corrected chi connectivity index (χ4v) is 6.35. The first-order chi connectivity index (χ1) is 19.1. The van der Waals surface area contributed by atoms with Crippen molar-refractivity contribution in [1.82, 2.24) is 34.4 Å².